The molecule has 0 N–H and O–H groups in total. The molecule has 0 aromatic carbocycles. The van der Waals surface area contributed by atoms with E-state index in [0.717, 1.165) is 45.6 Å². The molecule has 0 unspecified atom stereocenters. The first kappa shape index (κ1) is 59.8. The molecular weight excluding hydrogens is 777 g/mol. The van der Waals surface area contributed by atoms with Crippen LogP contribution in [0.5, 0.6) is 0 Å². The fourth-order valence-electron chi connectivity index (χ4n) is 9.54. The molecule has 0 aliphatic carbocycles. The van der Waals surface area contributed by atoms with E-state index in [1.807, 2.05) is 0 Å². The van der Waals surface area contributed by atoms with E-state index in [0.29, 0.717) is 26.2 Å². The molecule has 374 valence electrons. The van der Waals surface area contributed by atoms with E-state index in [1.54, 1.807) is 0 Å². The molecule has 0 aromatic heterocycles. The predicted octanol–water partition coefficient (Wildman–Crippen LogP) is 15.2. The third-order valence-corrected chi connectivity index (χ3v) is 13.9. The summed E-state index contributed by atoms with van der Waals surface area (Å²) >= 11 is 0. The van der Waals surface area contributed by atoms with Gasteiger partial charge in [-0.2, -0.15) is 0 Å². The van der Waals surface area contributed by atoms with E-state index in [-0.39, 0.29) is 18.0 Å². The van der Waals surface area contributed by atoms with Gasteiger partial charge in [-0.15, -0.1) is 0 Å². The highest BCUT2D eigenvalue weighted by Gasteiger charge is 2.27. The summed E-state index contributed by atoms with van der Waals surface area (Å²) in [5.41, 5.74) is 0. The molecule has 0 atom stereocenters. The zero-order valence-corrected chi connectivity index (χ0v) is 43.5. The first-order valence-corrected chi connectivity index (χ1v) is 28.6. The fraction of sp³-hybridized carbons (Fsp3) is 0.964. The zero-order valence-electron chi connectivity index (χ0n) is 43.5. The summed E-state index contributed by atoms with van der Waals surface area (Å²) < 4.78 is 6.13. The van der Waals surface area contributed by atoms with Crippen molar-refractivity contribution in [3.8, 4) is 0 Å². The van der Waals surface area contributed by atoms with Crippen LogP contribution in [0.2, 0.25) is 0 Å². The Labute approximate surface area is 394 Å². The van der Waals surface area contributed by atoms with Crippen LogP contribution in [-0.2, 0) is 14.3 Å². The Balaban J connectivity index is 2.73. The van der Waals surface area contributed by atoms with Gasteiger partial charge in [0.15, 0.2) is 0 Å². The van der Waals surface area contributed by atoms with Gasteiger partial charge in [0.2, 0.25) is 5.91 Å². The molecule has 0 aromatic rings. The van der Waals surface area contributed by atoms with Gasteiger partial charge in [0.1, 0.15) is 6.10 Å². The van der Waals surface area contributed by atoms with Crippen LogP contribution >= 0.6 is 0 Å². The molecule has 1 aliphatic heterocycles. The van der Waals surface area contributed by atoms with Gasteiger partial charge >= 0.3 is 5.97 Å². The first-order chi connectivity index (χ1) is 31.0. The van der Waals surface area contributed by atoms with E-state index < -0.39 is 0 Å². The monoisotopic (exact) mass is 889 g/mol. The number of nitrogens with zero attached hydrogens (tertiary/aromatic N) is 4. The van der Waals surface area contributed by atoms with Crippen molar-refractivity contribution >= 4 is 11.9 Å². The molecule has 1 fully saturated rings. The van der Waals surface area contributed by atoms with Gasteiger partial charge in [-0.25, -0.2) is 0 Å². The van der Waals surface area contributed by atoms with Crippen LogP contribution in [-0.4, -0.2) is 110 Å². The minimum atomic E-state index is -0.0730. The van der Waals surface area contributed by atoms with Crippen molar-refractivity contribution < 1.29 is 14.3 Å². The van der Waals surface area contributed by atoms with Crippen molar-refractivity contribution in [2.45, 2.75) is 278 Å². The molecule has 1 aliphatic rings. The minimum Gasteiger partial charge on any atom is -0.461 e. The highest BCUT2D eigenvalue weighted by Crippen LogP contribution is 2.17. The average Bonchev–Trinajstić information content (AvgIpc) is 3.28. The number of amides is 1. The number of piperidine rings is 1. The lowest BCUT2D eigenvalue weighted by molar-refractivity contribution is -0.153. The Morgan fingerprint density at radius 2 is 0.635 bits per heavy atom. The second-order valence-corrected chi connectivity index (χ2v) is 20.1. The number of hydrogen-bond donors (Lipinski definition) is 0. The van der Waals surface area contributed by atoms with E-state index in [4.69, 9.17) is 4.74 Å². The largest absolute Gasteiger partial charge is 0.461 e. The molecule has 63 heavy (non-hydrogen) atoms. The SMILES string of the molecule is CCCCCCCCCN(CCCCCCCCC)CCN(CCCCCCCCC)CC(=O)N1CCC(OC(=O)CN(CCCCCCCCC)CCCCCCCCC)CC1. The predicted molar refractivity (Wildman–Crippen MR) is 275 cm³/mol. The van der Waals surface area contributed by atoms with Crippen LogP contribution in [0.4, 0.5) is 0 Å². The summed E-state index contributed by atoms with van der Waals surface area (Å²) in [6.45, 7) is 21.3. The maximum Gasteiger partial charge on any atom is 0.320 e. The number of hydrogen-bond acceptors (Lipinski definition) is 6. The number of carbonyl (C=O) groups excluding carboxylic acids is 2. The number of carbonyl (C=O) groups is 2. The van der Waals surface area contributed by atoms with Crippen molar-refractivity contribution in [2.24, 2.45) is 0 Å². The Hall–Kier alpha value is -1.18. The molecule has 0 radical (unpaired) electrons. The quantitative estimate of drug-likeness (QED) is 0.0448. The van der Waals surface area contributed by atoms with E-state index in [2.05, 4.69) is 54.2 Å². The zero-order chi connectivity index (χ0) is 45.7. The molecule has 1 amide bonds. The highest BCUT2D eigenvalue weighted by atomic mass is 16.5. The molecule has 1 heterocycles. The number of likely N-dealkylation sites (tertiary alicyclic amines) is 1. The van der Waals surface area contributed by atoms with Crippen LogP contribution in [0.25, 0.3) is 0 Å². The van der Waals surface area contributed by atoms with Crippen molar-refractivity contribution in [1.82, 2.24) is 19.6 Å². The molecule has 0 saturated carbocycles. The molecule has 7 heteroatoms. The lowest BCUT2D eigenvalue weighted by Gasteiger charge is -2.34. The van der Waals surface area contributed by atoms with Crippen LogP contribution in [0.1, 0.15) is 272 Å². The first-order valence-electron chi connectivity index (χ1n) is 28.6. The van der Waals surface area contributed by atoms with Gasteiger partial charge in [-0.1, -0.05) is 227 Å². The summed E-state index contributed by atoms with van der Waals surface area (Å²) in [7, 11) is 0. The number of esters is 1. The van der Waals surface area contributed by atoms with Gasteiger partial charge in [0.05, 0.1) is 13.1 Å². The van der Waals surface area contributed by atoms with Crippen molar-refractivity contribution in [3.05, 3.63) is 0 Å². The molecule has 0 spiro atoms. The average molecular weight is 890 g/mol. The summed E-state index contributed by atoms with van der Waals surface area (Å²) in [5.74, 6) is 0.202. The number of ether oxygens (including phenoxy) is 1. The summed E-state index contributed by atoms with van der Waals surface area (Å²) in [4.78, 5) is 37.0. The third-order valence-electron chi connectivity index (χ3n) is 13.9. The summed E-state index contributed by atoms with van der Waals surface area (Å²) in [6, 6.07) is 0. The maximum absolute atomic E-state index is 13.9. The second-order valence-electron chi connectivity index (χ2n) is 20.1. The molecular formula is C56H112N4O3. The maximum atomic E-state index is 13.9. The second kappa shape index (κ2) is 46.0. The summed E-state index contributed by atoms with van der Waals surface area (Å²) in [5, 5.41) is 0. The van der Waals surface area contributed by atoms with Crippen LogP contribution in [0.15, 0.2) is 0 Å². The van der Waals surface area contributed by atoms with Crippen LogP contribution in [0.3, 0.4) is 0 Å². The molecule has 1 saturated heterocycles. The number of unbranched alkanes of at least 4 members (excludes halogenated alkanes) is 30. The minimum absolute atomic E-state index is 0.0657. The van der Waals surface area contributed by atoms with E-state index >= 15 is 0 Å². The Morgan fingerprint density at radius 3 is 0.968 bits per heavy atom. The molecule has 7 nitrogen and oxygen atoms in total. The highest BCUT2D eigenvalue weighted by molar-refractivity contribution is 5.78. The van der Waals surface area contributed by atoms with Gasteiger partial charge in [-0.05, 0) is 64.8 Å². The van der Waals surface area contributed by atoms with Crippen LogP contribution in [0, 0.1) is 0 Å². The third kappa shape index (κ3) is 37.6. The van der Waals surface area contributed by atoms with Crippen molar-refractivity contribution in [3.63, 3.8) is 0 Å². The lowest BCUT2D eigenvalue weighted by atomic mass is 10.1. The smallest absolute Gasteiger partial charge is 0.320 e. The summed E-state index contributed by atoms with van der Waals surface area (Å²) in [6.07, 6.45) is 47.6. The molecule has 0 bridgehead atoms. The van der Waals surface area contributed by atoms with Crippen molar-refractivity contribution in [1.29, 1.82) is 0 Å². The van der Waals surface area contributed by atoms with Gasteiger partial charge in [0.25, 0.3) is 0 Å². The fourth-order valence-corrected chi connectivity index (χ4v) is 9.54. The van der Waals surface area contributed by atoms with Crippen LogP contribution < -0.4 is 0 Å². The Bertz CT molecular complexity index is 936. The Morgan fingerprint density at radius 1 is 0.365 bits per heavy atom. The van der Waals surface area contributed by atoms with Crippen molar-refractivity contribution in [2.75, 3.05) is 72.0 Å². The van der Waals surface area contributed by atoms with Gasteiger partial charge in [0, 0.05) is 39.0 Å². The topological polar surface area (TPSA) is 56.3 Å². The standard InChI is InChI=1S/C56H112N4O3/c1-6-11-16-21-26-31-36-43-57(44-37-32-27-22-17-12-7-2)50-51-59(47-40-35-30-25-20-15-10-5)52-55(61)60-48-41-54(42-49-60)63-56(62)53-58(45-38-33-28-23-18-13-8-3)46-39-34-29-24-19-14-9-4/h54H,6-53H2,1-5H3. The Kier molecular flexibility index (Phi) is 43.6. The number of rotatable bonds is 48. The van der Waals surface area contributed by atoms with E-state index in [1.165, 1.54) is 238 Å². The molecule has 1 rings (SSSR count). The van der Waals surface area contributed by atoms with E-state index in [9.17, 15) is 9.59 Å². The van der Waals surface area contributed by atoms with Gasteiger partial charge in [-0.3, -0.25) is 19.4 Å². The normalized spacial score (nSPS) is 13.6. The lowest BCUT2D eigenvalue weighted by Crippen LogP contribution is -2.47. The van der Waals surface area contributed by atoms with Gasteiger partial charge < -0.3 is 14.5 Å².